The van der Waals surface area contributed by atoms with Gasteiger partial charge in [-0.1, -0.05) is 6.07 Å². The minimum absolute atomic E-state index is 0.309. The van der Waals surface area contributed by atoms with Gasteiger partial charge in [-0.25, -0.2) is 20.2 Å². The number of anilines is 3. The fourth-order valence-electron chi connectivity index (χ4n) is 1.22. The Balaban J connectivity index is 2.20. The smallest absolute Gasteiger partial charge is 0.145 e. The van der Waals surface area contributed by atoms with Crippen molar-refractivity contribution < 1.29 is 4.39 Å². The van der Waals surface area contributed by atoms with Crippen molar-refractivity contribution in [1.82, 2.24) is 9.97 Å². The van der Waals surface area contributed by atoms with Crippen LogP contribution >= 0.6 is 0 Å². The first-order valence-corrected chi connectivity index (χ1v) is 4.59. The molecule has 0 aliphatic carbocycles. The first kappa shape index (κ1) is 10.3. The number of hydrogen-bond donors (Lipinski definition) is 3. The van der Waals surface area contributed by atoms with Gasteiger partial charge in [0.15, 0.2) is 0 Å². The van der Waals surface area contributed by atoms with Crippen LogP contribution in [0.2, 0.25) is 0 Å². The maximum Gasteiger partial charge on any atom is 0.145 e. The average Bonchev–Trinajstić information content (AvgIpc) is 2.29. The molecule has 0 radical (unpaired) electrons. The molecule has 0 spiro atoms. The first-order chi connectivity index (χ1) is 7.78. The molecular weight excluding hydrogens is 209 g/mol. The van der Waals surface area contributed by atoms with Crippen molar-refractivity contribution in [3.63, 3.8) is 0 Å². The van der Waals surface area contributed by atoms with Crippen molar-refractivity contribution in [2.24, 2.45) is 5.84 Å². The standard InChI is InChI=1S/C10H10FN5/c11-7-2-1-3-8(4-7)15-9-5-10(16-12)14-6-13-9/h1-6H,12H2,(H2,13,14,15,16). The molecule has 2 aromatic rings. The molecule has 0 bridgehead atoms. The van der Waals surface area contributed by atoms with Gasteiger partial charge in [0.2, 0.25) is 0 Å². The van der Waals surface area contributed by atoms with Gasteiger partial charge in [0.25, 0.3) is 0 Å². The minimum Gasteiger partial charge on any atom is -0.340 e. The van der Waals surface area contributed by atoms with Crippen molar-refractivity contribution in [1.29, 1.82) is 0 Å². The second-order valence-electron chi connectivity index (χ2n) is 3.07. The molecule has 1 aromatic carbocycles. The number of halogens is 1. The summed E-state index contributed by atoms with van der Waals surface area (Å²) >= 11 is 0. The van der Waals surface area contributed by atoms with Crippen LogP contribution in [-0.4, -0.2) is 9.97 Å². The van der Waals surface area contributed by atoms with E-state index < -0.39 is 0 Å². The number of rotatable bonds is 3. The van der Waals surface area contributed by atoms with Gasteiger partial charge in [-0.2, -0.15) is 0 Å². The van der Waals surface area contributed by atoms with Gasteiger partial charge in [0.05, 0.1) is 0 Å². The van der Waals surface area contributed by atoms with Crippen LogP contribution in [0.25, 0.3) is 0 Å². The predicted octanol–water partition coefficient (Wildman–Crippen LogP) is 1.64. The maximum atomic E-state index is 12.9. The fourth-order valence-corrected chi connectivity index (χ4v) is 1.22. The highest BCUT2D eigenvalue weighted by Crippen LogP contribution is 2.16. The van der Waals surface area contributed by atoms with Crippen molar-refractivity contribution in [2.45, 2.75) is 0 Å². The number of benzene rings is 1. The molecule has 16 heavy (non-hydrogen) atoms. The summed E-state index contributed by atoms with van der Waals surface area (Å²) < 4.78 is 12.9. The highest BCUT2D eigenvalue weighted by molar-refractivity contribution is 5.58. The lowest BCUT2D eigenvalue weighted by molar-refractivity contribution is 0.628. The van der Waals surface area contributed by atoms with E-state index in [1.807, 2.05) is 0 Å². The van der Waals surface area contributed by atoms with Crippen molar-refractivity contribution in [3.05, 3.63) is 42.5 Å². The normalized spacial score (nSPS) is 9.88. The van der Waals surface area contributed by atoms with E-state index in [9.17, 15) is 4.39 Å². The van der Waals surface area contributed by atoms with Gasteiger partial charge < -0.3 is 10.7 Å². The van der Waals surface area contributed by atoms with E-state index in [1.165, 1.54) is 18.5 Å². The molecule has 0 unspecified atom stereocenters. The Morgan fingerprint density at radius 1 is 1.12 bits per heavy atom. The largest absolute Gasteiger partial charge is 0.340 e. The molecule has 6 heteroatoms. The lowest BCUT2D eigenvalue weighted by Gasteiger charge is -2.06. The van der Waals surface area contributed by atoms with E-state index in [2.05, 4.69) is 20.7 Å². The molecule has 0 fully saturated rings. The molecule has 0 saturated carbocycles. The molecule has 2 rings (SSSR count). The van der Waals surface area contributed by atoms with Crippen molar-refractivity contribution in [3.8, 4) is 0 Å². The first-order valence-electron chi connectivity index (χ1n) is 4.59. The summed E-state index contributed by atoms with van der Waals surface area (Å²) in [6.45, 7) is 0. The lowest BCUT2D eigenvalue weighted by Crippen LogP contribution is -2.09. The maximum absolute atomic E-state index is 12.9. The Morgan fingerprint density at radius 3 is 2.69 bits per heavy atom. The molecule has 1 aromatic heterocycles. The van der Waals surface area contributed by atoms with Crippen LogP contribution in [0.5, 0.6) is 0 Å². The molecule has 1 heterocycles. The molecule has 82 valence electrons. The van der Waals surface area contributed by atoms with Crippen LogP contribution < -0.4 is 16.6 Å². The van der Waals surface area contributed by atoms with Crippen LogP contribution in [-0.2, 0) is 0 Å². The van der Waals surface area contributed by atoms with E-state index >= 15 is 0 Å². The summed E-state index contributed by atoms with van der Waals surface area (Å²) in [5.74, 6) is 5.92. The van der Waals surface area contributed by atoms with Crippen molar-refractivity contribution in [2.75, 3.05) is 10.7 Å². The van der Waals surface area contributed by atoms with E-state index in [1.54, 1.807) is 18.2 Å². The Labute approximate surface area is 91.5 Å². The summed E-state index contributed by atoms with van der Waals surface area (Å²) in [7, 11) is 0. The second kappa shape index (κ2) is 4.54. The van der Waals surface area contributed by atoms with Gasteiger partial charge in [0.1, 0.15) is 23.8 Å². The van der Waals surface area contributed by atoms with Crippen LogP contribution in [0, 0.1) is 5.82 Å². The van der Waals surface area contributed by atoms with E-state index in [0.717, 1.165) is 0 Å². The number of nitrogen functional groups attached to an aromatic ring is 1. The molecule has 0 aliphatic rings. The summed E-state index contributed by atoms with van der Waals surface area (Å²) in [4.78, 5) is 7.83. The highest BCUT2D eigenvalue weighted by Gasteiger charge is 1.99. The second-order valence-corrected chi connectivity index (χ2v) is 3.07. The van der Waals surface area contributed by atoms with Crippen LogP contribution in [0.15, 0.2) is 36.7 Å². The number of aromatic nitrogens is 2. The Morgan fingerprint density at radius 2 is 1.94 bits per heavy atom. The van der Waals surface area contributed by atoms with Crippen molar-refractivity contribution >= 4 is 17.3 Å². The van der Waals surface area contributed by atoms with E-state index in [-0.39, 0.29) is 5.82 Å². The summed E-state index contributed by atoms with van der Waals surface area (Å²) in [6, 6.07) is 7.71. The monoisotopic (exact) mass is 219 g/mol. The third-order valence-electron chi connectivity index (χ3n) is 1.91. The molecule has 4 N–H and O–H groups in total. The van der Waals surface area contributed by atoms with Gasteiger partial charge in [-0.3, -0.25) is 0 Å². The van der Waals surface area contributed by atoms with Crippen LogP contribution in [0.3, 0.4) is 0 Å². The zero-order valence-electron chi connectivity index (χ0n) is 8.31. The zero-order chi connectivity index (χ0) is 11.4. The zero-order valence-corrected chi connectivity index (χ0v) is 8.31. The molecule has 0 saturated heterocycles. The predicted molar refractivity (Wildman–Crippen MR) is 59.5 cm³/mol. The van der Waals surface area contributed by atoms with Crippen LogP contribution in [0.4, 0.5) is 21.7 Å². The average molecular weight is 219 g/mol. The number of nitrogens with one attached hydrogen (secondary N) is 2. The Bertz CT molecular complexity index is 488. The molecule has 5 nitrogen and oxygen atoms in total. The van der Waals surface area contributed by atoms with Gasteiger partial charge in [-0.15, -0.1) is 0 Å². The topological polar surface area (TPSA) is 75.9 Å². The van der Waals surface area contributed by atoms with Gasteiger partial charge in [0, 0.05) is 11.8 Å². The number of hydrogen-bond acceptors (Lipinski definition) is 5. The van der Waals surface area contributed by atoms with E-state index in [0.29, 0.717) is 17.3 Å². The number of nitrogens with two attached hydrogens (primary N) is 1. The number of nitrogens with zero attached hydrogens (tertiary/aromatic N) is 2. The minimum atomic E-state index is -0.309. The Hall–Kier alpha value is -2.21. The fraction of sp³-hybridized carbons (Fsp3) is 0. The summed E-state index contributed by atoms with van der Waals surface area (Å²) in [5, 5.41) is 2.93. The Kier molecular flexibility index (Phi) is 2.93. The quantitative estimate of drug-likeness (QED) is 0.540. The lowest BCUT2D eigenvalue weighted by atomic mass is 10.3. The third kappa shape index (κ3) is 2.43. The van der Waals surface area contributed by atoms with Gasteiger partial charge in [-0.05, 0) is 18.2 Å². The van der Waals surface area contributed by atoms with Crippen LogP contribution in [0.1, 0.15) is 0 Å². The molecular formula is C10H10FN5. The van der Waals surface area contributed by atoms with E-state index in [4.69, 9.17) is 5.84 Å². The molecule has 0 atom stereocenters. The molecule has 0 amide bonds. The van der Waals surface area contributed by atoms with Gasteiger partial charge >= 0.3 is 0 Å². The molecule has 0 aliphatic heterocycles. The third-order valence-corrected chi connectivity index (χ3v) is 1.91. The summed E-state index contributed by atoms with van der Waals surface area (Å²) in [6.07, 6.45) is 1.36. The highest BCUT2D eigenvalue weighted by atomic mass is 19.1. The summed E-state index contributed by atoms with van der Waals surface area (Å²) in [5.41, 5.74) is 3.01. The SMILES string of the molecule is NNc1cc(Nc2cccc(F)c2)ncn1. The number of hydrazine groups is 1.